The van der Waals surface area contributed by atoms with Gasteiger partial charge in [-0.25, -0.2) is 8.42 Å². The van der Waals surface area contributed by atoms with Crippen LogP contribution in [0.15, 0.2) is 41.6 Å². The zero-order chi connectivity index (χ0) is 9.97. The summed E-state index contributed by atoms with van der Waals surface area (Å²) in [6.45, 7) is 0. The fraction of sp³-hybridized carbons (Fsp3) is 0. The predicted octanol–water partition coefficient (Wildman–Crippen LogP) is 1.05. The summed E-state index contributed by atoms with van der Waals surface area (Å²) in [5.41, 5.74) is 1.44. The van der Waals surface area contributed by atoms with Crippen LogP contribution in [-0.2, 0) is 10.7 Å². The molecule has 0 saturated heterocycles. The Morgan fingerprint density at radius 1 is 1.29 bits per heavy atom. The fourth-order valence-corrected chi connectivity index (χ4v) is 1.56. The summed E-state index contributed by atoms with van der Waals surface area (Å²) in [6.07, 6.45) is 3.11. The van der Waals surface area contributed by atoms with E-state index in [1.165, 1.54) is 6.20 Å². The molecule has 0 aromatic carbocycles. The van der Waals surface area contributed by atoms with Crippen molar-refractivity contribution in [3.63, 3.8) is 0 Å². The van der Waals surface area contributed by atoms with Gasteiger partial charge in [0.15, 0.2) is 10.7 Å². The van der Waals surface area contributed by atoms with Gasteiger partial charge in [0, 0.05) is 12.4 Å². The Bertz CT molecular complexity index is 495. The fourth-order valence-electron chi connectivity index (χ4n) is 1.16. The number of hydrogen-bond donors (Lipinski definition) is 2. The van der Waals surface area contributed by atoms with Crippen LogP contribution in [0.2, 0.25) is 0 Å². The molecular weight excluding hydrogens is 200 g/mol. The van der Waals surface area contributed by atoms with Gasteiger partial charge in [-0.3, -0.25) is 4.98 Å². The van der Waals surface area contributed by atoms with Crippen molar-refractivity contribution >= 4 is 10.7 Å². The Hall–Kier alpha value is -1.62. The number of H-pyrrole nitrogens is 1. The van der Waals surface area contributed by atoms with Crippen molar-refractivity contribution in [2.24, 2.45) is 0 Å². The summed E-state index contributed by atoms with van der Waals surface area (Å²) in [4.78, 5) is 7.23. The highest BCUT2D eigenvalue weighted by molar-refractivity contribution is 7.72. The minimum atomic E-state index is -2.52. The van der Waals surface area contributed by atoms with Crippen LogP contribution in [0, 0.1) is 0 Å². The van der Waals surface area contributed by atoms with Crippen LogP contribution in [0.1, 0.15) is 0 Å². The largest absolute Gasteiger partial charge is 0.359 e. The van der Waals surface area contributed by atoms with Gasteiger partial charge in [-0.1, -0.05) is 6.07 Å². The highest BCUT2D eigenvalue weighted by atomic mass is 32.2. The van der Waals surface area contributed by atoms with Gasteiger partial charge in [0.25, 0.3) is 0 Å². The molecule has 0 radical (unpaired) electrons. The van der Waals surface area contributed by atoms with Crippen molar-refractivity contribution < 1.29 is 8.42 Å². The zero-order valence-electron chi connectivity index (χ0n) is 7.18. The molecule has 2 aromatic heterocycles. The molecule has 0 amide bonds. The second-order valence-corrected chi connectivity index (χ2v) is 3.77. The van der Waals surface area contributed by atoms with E-state index in [-0.39, 0.29) is 4.90 Å². The Morgan fingerprint density at radius 3 is 2.71 bits per heavy atom. The molecule has 0 atom stereocenters. The van der Waals surface area contributed by atoms with Crippen molar-refractivity contribution in [2.75, 3.05) is 0 Å². The van der Waals surface area contributed by atoms with Crippen LogP contribution >= 0.6 is 0 Å². The van der Waals surface area contributed by atoms with E-state index >= 15 is 0 Å². The molecule has 2 heterocycles. The number of thiol groups is 1. The quantitative estimate of drug-likeness (QED) is 0.725. The lowest BCUT2D eigenvalue weighted by Crippen LogP contribution is -1.79. The molecule has 0 spiro atoms. The second kappa shape index (κ2) is 3.63. The maximum atomic E-state index is 10.6. The van der Waals surface area contributed by atoms with Gasteiger partial charge in [-0.15, -0.1) is 0 Å². The minimum Gasteiger partial charge on any atom is -0.359 e. The smallest absolute Gasteiger partial charge is 0.169 e. The van der Waals surface area contributed by atoms with E-state index in [4.69, 9.17) is 0 Å². The molecule has 2 aromatic rings. The Labute approximate surface area is 82.6 Å². The maximum Gasteiger partial charge on any atom is 0.169 e. The first-order chi connectivity index (χ1) is 6.77. The number of pyridine rings is 1. The first kappa shape index (κ1) is 8.96. The van der Waals surface area contributed by atoms with E-state index < -0.39 is 10.7 Å². The Kier molecular flexibility index (Phi) is 2.32. The molecule has 0 unspecified atom stereocenters. The molecule has 0 aliphatic heterocycles. The molecule has 14 heavy (non-hydrogen) atoms. The number of aromatic amines is 1. The van der Waals surface area contributed by atoms with Gasteiger partial charge in [-0.05, 0) is 18.2 Å². The monoisotopic (exact) mass is 208 g/mol. The van der Waals surface area contributed by atoms with E-state index in [1.54, 1.807) is 18.3 Å². The summed E-state index contributed by atoms with van der Waals surface area (Å²) in [5, 5.41) is 0. The highest BCUT2D eigenvalue weighted by Gasteiger charge is 2.03. The second-order valence-electron chi connectivity index (χ2n) is 2.74. The average Bonchev–Trinajstić information content (AvgIpc) is 2.68. The molecular formula is C9H8N2O2S. The molecule has 0 aliphatic carbocycles. The number of aromatic nitrogens is 2. The van der Waals surface area contributed by atoms with Crippen molar-refractivity contribution in [3.05, 3.63) is 36.7 Å². The molecule has 1 N–H and O–H groups in total. The van der Waals surface area contributed by atoms with E-state index in [1.807, 2.05) is 12.1 Å². The van der Waals surface area contributed by atoms with Crippen LogP contribution in [0.3, 0.4) is 0 Å². The van der Waals surface area contributed by atoms with Gasteiger partial charge in [0.2, 0.25) is 0 Å². The van der Waals surface area contributed by atoms with Gasteiger partial charge in [0.1, 0.15) is 0 Å². The summed E-state index contributed by atoms with van der Waals surface area (Å²) in [5.74, 6) is 0. The first-order valence-corrected chi connectivity index (χ1v) is 5.19. The standard InChI is InChI=1S/C9H8N2O2S/c12-14(13)7-5-9(11-6-7)8-3-1-2-4-10-8/h1-6,11,14H. The van der Waals surface area contributed by atoms with Gasteiger partial charge in [0.05, 0.1) is 16.3 Å². The van der Waals surface area contributed by atoms with E-state index in [0.717, 1.165) is 5.69 Å². The SMILES string of the molecule is O=[SH](=O)c1c[nH]c(-c2ccccn2)c1. The normalized spacial score (nSPS) is 10.6. The van der Waals surface area contributed by atoms with Crippen molar-refractivity contribution in [3.8, 4) is 11.4 Å². The summed E-state index contributed by atoms with van der Waals surface area (Å²) < 4.78 is 21.3. The van der Waals surface area contributed by atoms with Crippen LogP contribution in [0.4, 0.5) is 0 Å². The molecule has 0 aliphatic rings. The molecule has 4 nitrogen and oxygen atoms in total. The average molecular weight is 208 g/mol. The predicted molar refractivity (Wildman–Crippen MR) is 52.6 cm³/mol. The summed E-state index contributed by atoms with van der Waals surface area (Å²) in [6, 6.07) is 7.03. The van der Waals surface area contributed by atoms with Gasteiger partial charge < -0.3 is 4.98 Å². The minimum absolute atomic E-state index is 0.278. The third-order valence-corrected chi connectivity index (χ3v) is 2.50. The molecule has 2 rings (SSSR count). The molecule has 5 heteroatoms. The van der Waals surface area contributed by atoms with Gasteiger partial charge >= 0.3 is 0 Å². The lowest BCUT2D eigenvalue weighted by Gasteiger charge is -1.93. The third kappa shape index (κ3) is 1.67. The number of rotatable bonds is 2. The number of hydrogen-bond acceptors (Lipinski definition) is 3. The molecule has 72 valence electrons. The molecule has 0 bridgehead atoms. The van der Waals surface area contributed by atoms with Crippen LogP contribution in [0.25, 0.3) is 11.4 Å². The first-order valence-electron chi connectivity index (χ1n) is 4.01. The van der Waals surface area contributed by atoms with E-state index in [2.05, 4.69) is 9.97 Å². The Morgan fingerprint density at radius 2 is 2.14 bits per heavy atom. The van der Waals surface area contributed by atoms with E-state index in [0.29, 0.717) is 5.69 Å². The molecule has 0 fully saturated rings. The summed E-state index contributed by atoms with van der Waals surface area (Å²) >= 11 is 0. The van der Waals surface area contributed by atoms with Gasteiger partial charge in [-0.2, -0.15) is 0 Å². The zero-order valence-corrected chi connectivity index (χ0v) is 8.07. The van der Waals surface area contributed by atoms with Crippen molar-refractivity contribution in [1.82, 2.24) is 9.97 Å². The maximum absolute atomic E-state index is 10.6. The topological polar surface area (TPSA) is 62.8 Å². The Balaban J connectivity index is 2.44. The van der Waals surface area contributed by atoms with Crippen molar-refractivity contribution in [2.45, 2.75) is 4.90 Å². The van der Waals surface area contributed by atoms with Crippen molar-refractivity contribution in [1.29, 1.82) is 0 Å². The lowest BCUT2D eigenvalue weighted by molar-refractivity contribution is 0.614. The third-order valence-electron chi connectivity index (χ3n) is 1.82. The number of nitrogens with one attached hydrogen (secondary N) is 1. The summed E-state index contributed by atoms with van der Waals surface area (Å²) in [7, 11) is -2.52. The van der Waals surface area contributed by atoms with Crippen LogP contribution < -0.4 is 0 Å². The van der Waals surface area contributed by atoms with E-state index in [9.17, 15) is 8.42 Å². The molecule has 0 saturated carbocycles. The number of nitrogens with zero attached hydrogens (tertiary/aromatic N) is 1. The highest BCUT2D eigenvalue weighted by Crippen LogP contribution is 2.16. The van der Waals surface area contributed by atoms with Crippen LogP contribution in [0.5, 0.6) is 0 Å². The van der Waals surface area contributed by atoms with Crippen LogP contribution in [-0.4, -0.2) is 18.4 Å². The lowest BCUT2D eigenvalue weighted by atomic mass is 10.3.